The number of hydrogen-bond acceptors (Lipinski definition) is 11. The molecule has 51 heavy (non-hydrogen) atoms. The minimum atomic E-state index is -4.78. The van der Waals surface area contributed by atoms with Gasteiger partial charge in [0, 0.05) is 6.92 Å². The number of anilines is 1. The number of ether oxygens (including phenoxy) is 4. The van der Waals surface area contributed by atoms with E-state index in [9.17, 15) is 37.1 Å². The number of carbonyl (C=O) groups is 4. The summed E-state index contributed by atoms with van der Waals surface area (Å²) in [6, 6.07) is 19.1. The number of nitrogens with zero attached hydrogens (tertiary/aromatic N) is 3. The maximum Gasteiger partial charge on any atom is 0.416 e. The van der Waals surface area contributed by atoms with Crippen molar-refractivity contribution in [2.75, 3.05) is 11.9 Å². The number of hydrogen-bond donors (Lipinski definition) is 2. The van der Waals surface area contributed by atoms with Crippen LogP contribution in [0.15, 0.2) is 96.1 Å². The number of aromatic amines is 1. The van der Waals surface area contributed by atoms with Gasteiger partial charge in [-0.15, -0.1) is 0 Å². The summed E-state index contributed by atoms with van der Waals surface area (Å²) >= 11 is 0. The van der Waals surface area contributed by atoms with Gasteiger partial charge in [-0.05, 0) is 42.5 Å². The Morgan fingerprint density at radius 2 is 1.47 bits per heavy atom. The van der Waals surface area contributed by atoms with Gasteiger partial charge < -0.3 is 18.9 Å². The predicted molar refractivity (Wildman–Crippen MR) is 169 cm³/mol. The topological polar surface area (TPSA) is 181 Å². The van der Waals surface area contributed by atoms with Crippen molar-refractivity contribution in [1.29, 1.82) is 0 Å². The fourth-order valence-electron chi connectivity index (χ4n) is 5.27. The highest BCUT2D eigenvalue weighted by molar-refractivity contribution is 5.91. The van der Waals surface area contributed by atoms with Crippen molar-refractivity contribution in [3.8, 4) is 0 Å². The van der Waals surface area contributed by atoms with Gasteiger partial charge in [0.2, 0.25) is 11.9 Å². The van der Waals surface area contributed by atoms with E-state index in [0.717, 1.165) is 29.1 Å². The Balaban J connectivity index is 1.42. The number of aromatic nitrogens is 4. The molecule has 4 atom stereocenters. The number of nitrogens with one attached hydrogen (secondary N) is 2. The van der Waals surface area contributed by atoms with E-state index in [2.05, 4.69) is 20.3 Å². The Bertz CT molecular complexity index is 2160. The molecule has 1 aliphatic rings. The molecule has 14 nitrogen and oxygen atoms in total. The third-order valence-electron chi connectivity index (χ3n) is 7.60. The highest BCUT2D eigenvalue weighted by Crippen LogP contribution is 2.37. The van der Waals surface area contributed by atoms with Gasteiger partial charge in [0.05, 0.1) is 28.6 Å². The fraction of sp³-hybridized carbons (Fsp3) is 0.206. The summed E-state index contributed by atoms with van der Waals surface area (Å²) in [5.74, 6) is -3.76. The number of rotatable bonds is 9. The smallest absolute Gasteiger partial charge is 0.416 e. The fourth-order valence-corrected chi connectivity index (χ4v) is 5.27. The van der Waals surface area contributed by atoms with Gasteiger partial charge in [0.25, 0.3) is 5.56 Å². The second-order valence-electron chi connectivity index (χ2n) is 11.1. The molecule has 17 heteroatoms. The highest BCUT2D eigenvalue weighted by Gasteiger charge is 2.52. The van der Waals surface area contributed by atoms with Crippen LogP contribution in [0.2, 0.25) is 0 Å². The molecule has 262 valence electrons. The number of benzene rings is 3. The summed E-state index contributed by atoms with van der Waals surface area (Å²) in [7, 11) is 0. The SMILES string of the molecule is CC(=O)Nc1nc2c(ncn2[C@@H]2O[C@H](COC(=O)c3ccccc3)[C@@H](OC(=O)c3ccccc3)[C@H]2OC(=O)c2cccc(C(F)(F)F)c2)c(=O)[nH]1. The van der Waals surface area contributed by atoms with Crippen molar-refractivity contribution < 1.29 is 51.3 Å². The van der Waals surface area contributed by atoms with Gasteiger partial charge in [0.1, 0.15) is 12.7 Å². The molecular weight excluding hydrogens is 679 g/mol. The van der Waals surface area contributed by atoms with Gasteiger partial charge in [-0.25, -0.2) is 19.4 Å². The molecule has 0 saturated carbocycles. The normalized spacial score (nSPS) is 18.6. The molecule has 3 heterocycles. The van der Waals surface area contributed by atoms with E-state index in [1.165, 1.54) is 31.2 Å². The zero-order valence-corrected chi connectivity index (χ0v) is 26.3. The number of carbonyl (C=O) groups excluding carboxylic acids is 4. The summed E-state index contributed by atoms with van der Waals surface area (Å²) in [5, 5.41) is 2.35. The van der Waals surface area contributed by atoms with Crippen LogP contribution in [-0.2, 0) is 29.9 Å². The molecule has 2 N–H and O–H groups in total. The number of esters is 3. The first-order chi connectivity index (χ1) is 24.4. The second kappa shape index (κ2) is 14.2. The van der Waals surface area contributed by atoms with E-state index in [1.807, 2.05) is 0 Å². The zero-order valence-electron chi connectivity index (χ0n) is 26.3. The lowest BCUT2D eigenvalue weighted by molar-refractivity contribution is -0.137. The molecule has 0 bridgehead atoms. The maximum absolute atomic E-state index is 13.5. The van der Waals surface area contributed by atoms with Crippen LogP contribution >= 0.6 is 0 Å². The van der Waals surface area contributed by atoms with Crippen LogP contribution < -0.4 is 10.9 Å². The highest BCUT2D eigenvalue weighted by atomic mass is 19.4. The lowest BCUT2D eigenvalue weighted by Crippen LogP contribution is -2.41. The number of amides is 1. The summed E-state index contributed by atoms with van der Waals surface area (Å²) in [4.78, 5) is 75.1. The van der Waals surface area contributed by atoms with Crippen LogP contribution in [-0.4, -0.2) is 68.3 Å². The monoisotopic (exact) mass is 705 g/mol. The van der Waals surface area contributed by atoms with Crippen molar-refractivity contribution in [1.82, 2.24) is 19.5 Å². The summed E-state index contributed by atoms with van der Waals surface area (Å²) in [6.07, 6.45) is -9.79. The van der Waals surface area contributed by atoms with Crippen LogP contribution in [0.1, 0.15) is 49.8 Å². The minimum Gasteiger partial charge on any atom is -0.459 e. The average molecular weight is 706 g/mol. The third-order valence-corrected chi connectivity index (χ3v) is 7.60. The molecule has 6 rings (SSSR count). The van der Waals surface area contributed by atoms with Crippen molar-refractivity contribution in [2.24, 2.45) is 0 Å². The van der Waals surface area contributed by atoms with Crippen molar-refractivity contribution >= 4 is 40.9 Å². The molecule has 1 amide bonds. The van der Waals surface area contributed by atoms with Gasteiger partial charge in [0.15, 0.2) is 29.6 Å². The lowest BCUT2D eigenvalue weighted by atomic mass is 10.1. The number of halogens is 3. The van der Waals surface area contributed by atoms with Crippen LogP contribution in [0.4, 0.5) is 19.1 Å². The van der Waals surface area contributed by atoms with E-state index in [4.69, 9.17) is 18.9 Å². The third kappa shape index (κ3) is 7.62. The first-order valence-electron chi connectivity index (χ1n) is 15.2. The maximum atomic E-state index is 13.5. The molecule has 1 saturated heterocycles. The molecule has 5 aromatic rings. The van der Waals surface area contributed by atoms with Crippen LogP contribution in [0.5, 0.6) is 0 Å². The largest absolute Gasteiger partial charge is 0.459 e. The van der Waals surface area contributed by atoms with Gasteiger partial charge >= 0.3 is 24.1 Å². The standard InChI is InChI=1S/C34H26F3N5O9/c1-18(43)39-33-40-27-24(28(44)41-33)38-17-42(27)29-26(51-32(47)21-13-8-14-22(15-21)34(35,36)37)25(50-31(46)20-11-6-3-7-12-20)23(49-29)16-48-30(45)19-9-4-2-5-10-19/h2-15,17,23,25-26,29H,16H2,1H3,(H2,39,40,41,43,44)/t23-,25-,26-,29-/m1/s1. The van der Waals surface area contributed by atoms with E-state index in [0.29, 0.717) is 6.07 Å². The molecule has 0 spiro atoms. The van der Waals surface area contributed by atoms with E-state index in [-0.39, 0.29) is 28.2 Å². The summed E-state index contributed by atoms with van der Waals surface area (Å²) in [5.41, 5.74) is -2.51. The molecule has 0 radical (unpaired) electrons. The van der Waals surface area contributed by atoms with Crippen molar-refractivity contribution in [2.45, 2.75) is 37.6 Å². The second-order valence-corrected chi connectivity index (χ2v) is 11.1. The molecule has 2 aromatic heterocycles. The van der Waals surface area contributed by atoms with Gasteiger partial charge in [-0.1, -0.05) is 42.5 Å². The molecule has 0 unspecified atom stereocenters. The van der Waals surface area contributed by atoms with Crippen LogP contribution in [0.25, 0.3) is 11.2 Å². The Labute approximate surface area is 285 Å². The number of alkyl halides is 3. The minimum absolute atomic E-state index is 0.0881. The molecule has 1 aliphatic heterocycles. The predicted octanol–water partition coefficient (Wildman–Crippen LogP) is 4.30. The quantitative estimate of drug-likeness (QED) is 0.165. The van der Waals surface area contributed by atoms with E-state index >= 15 is 0 Å². The van der Waals surface area contributed by atoms with E-state index in [1.54, 1.807) is 36.4 Å². The average Bonchev–Trinajstić information content (AvgIpc) is 3.68. The van der Waals surface area contributed by atoms with E-state index < -0.39 is 77.8 Å². The summed E-state index contributed by atoms with van der Waals surface area (Å²) < 4.78 is 65.0. The Morgan fingerprint density at radius 3 is 2.12 bits per heavy atom. The Morgan fingerprint density at radius 1 is 0.863 bits per heavy atom. The van der Waals surface area contributed by atoms with Crippen LogP contribution in [0.3, 0.4) is 0 Å². The van der Waals surface area contributed by atoms with Crippen molar-refractivity contribution in [3.63, 3.8) is 0 Å². The first-order valence-corrected chi connectivity index (χ1v) is 15.2. The van der Waals surface area contributed by atoms with Crippen LogP contribution in [0, 0.1) is 0 Å². The number of imidazole rings is 1. The number of fused-ring (bicyclic) bond motifs is 1. The molecular formula is C34H26F3N5O9. The zero-order chi connectivity index (χ0) is 36.3. The lowest BCUT2D eigenvalue weighted by Gasteiger charge is -2.25. The Kier molecular flexibility index (Phi) is 9.63. The van der Waals surface area contributed by atoms with Gasteiger partial charge in [-0.2, -0.15) is 18.2 Å². The molecule has 0 aliphatic carbocycles. The Hall–Kier alpha value is -6.36. The van der Waals surface area contributed by atoms with Crippen molar-refractivity contribution in [3.05, 3.63) is 124 Å². The molecule has 1 fully saturated rings. The molecule has 3 aromatic carbocycles. The summed E-state index contributed by atoms with van der Waals surface area (Å²) in [6.45, 7) is 0.615. The van der Waals surface area contributed by atoms with Gasteiger partial charge in [-0.3, -0.25) is 24.5 Å². The number of H-pyrrole nitrogens is 1. The first kappa shape index (κ1) is 34.5.